The highest BCUT2D eigenvalue weighted by Crippen LogP contribution is 2.25. The molecule has 0 spiro atoms. The molecule has 29 heavy (non-hydrogen) atoms. The van der Waals surface area contributed by atoms with Crippen LogP contribution in [0.1, 0.15) is 40.9 Å². The molecule has 0 aliphatic rings. The van der Waals surface area contributed by atoms with E-state index in [0.717, 1.165) is 21.9 Å². The molecule has 0 saturated carbocycles. The molecule has 0 fully saturated rings. The van der Waals surface area contributed by atoms with Crippen LogP contribution in [0.5, 0.6) is 5.75 Å². The van der Waals surface area contributed by atoms with Crippen LogP contribution in [0.4, 0.5) is 0 Å². The maximum Gasteiger partial charge on any atom is 0.252 e. The predicted octanol–water partition coefficient (Wildman–Crippen LogP) is 4.24. The molecule has 1 atom stereocenters. The number of fused-ring (bicyclic) bond motifs is 1. The Morgan fingerprint density at radius 1 is 1.10 bits per heavy atom. The molecular formula is C24H27NO4. The number of hydrogen-bond acceptors (Lipinski definition) is 4. The first-order valence-electron chi connectivity index (χ1n) is 9.78. The summed E-state index contributed by atoms with van der Waals surface area (Å²) in [4.78, 5) is 13.1. The summed E-state index contributed by atoms with van der Waals surface area (Å²) in [5.74, 6) is 0.406. The van der Waals surface area contributed by atoms with Gasteiger partial charge in [0.25, 0.3) is 5.91 Å². The predicted molar refractivity (Wildman–Crippen MR) is 114 cm³/mol. The Bertz CT molecular complexity index is 965. The van der Waals surface area contributed by atoms with Crippen molar-refractivity contribution in [3.05, 3.63) is 77.4 Å². The van der Waals surface area contributed by atoms with Gasteiger partial charge < -0.3 is 19.9 Å². The second-order valence-electron chi connectivity index (χ2n) is 6.96. The second-order valence-corrected chi connectivity index (χ2v) is 6.96. The molecule has 0 bridgehead atoms. The van der Waals surface area contributed by atoms with E-state index < -0.39 is 0 Å². The van der Waals surface area contributed by atoms with Crippen LogP contribution in [0.2, 0.25) is 0 Å². The summed E-state index contributed by atoms with van der Waals surface area (Å²) >= 11 is 0. The van der Waals surface area contributed by atoms with Crippen molar-refractivity contribution >= 4 is 16.7 Å². The zero-order valence-corrected chi connectivity index (χ0v) is 16.9. The molecule has 3 aromatic carbocycles. The number of hydrogen-bond donors (Lipinski definition) is 2. The van der Waals surface area contributed by atoms with Crippen molar-refractivity contribution in [1.29, 1.82) is 0 Å². The lowest BCUT2D eigenvalue weighted by Gasteiger charge is -2.18. The summed E-state index contributed by atoms with van der Waals surface area (Å²) in [6, 6.07) is 19.5. The molecule has 0 aliphatic carbocycles. The molecule has 0 aromatic heterocycles. The Labute approximate surface area is 171 Å². The number of aryl methyl sites for hydroxylation is 1. The van der Waals surface area contributed by atoms with E-state index >= 15 is 0 Å². The molecule has 0 heterocycles. The van der Waals surface area contributed by atoms with Crippen LogP contribution in [0.15, 0.2) is 60.7 Å². The molecule has 0 radical (unpaired) electrons. The highest BCUT2D eigenvalue weighted by molar-refractivity contribution is 5.97. The van der Waals surface area contributed by atoms with Gasteiger partial charge in [-0.1, -0.05) is 48.5 Å². The van der Waals surface area contributed by atoms with Gasteiger partial charge in [-0.25, -0.2) is 0 Å². The summed E-state index contributed by atoms with van der Waals surface area (Å²) in [6.45, 7) is 2.18. The Morgan fingerprint density at radius 2 is 1.90 bits per heavy atom. The van der Waals surface area contributed by atoms with Crippen LogP contribution in [0.3, 0.4) is 0 Å². The van der Waals surface area contributed by atoms with E-state index in [1.807, 2.05) is 43.3 Å². The number of methoxy groups -OCH3 is 1. The molecule has 1 amide bonds. The van der Waals surface area contributed by atoms with Gasteiger partial charge in [0.15, 0.2) is 6.79 Å². The van der Waals surface area contributed by atoms with Crippen LogP contribution in [0.25, 0.3) is 10.8 Å². The Balaban J connectivity index is 1.86. The standard InChI is InChI=1S/C24H27NO4/c1-17(21-11-5-8-18-7-3-4-10-22(18)21)25-24(27)23-15-20(29-16-28-2)13-12-19(23)9-6-14-26/h3-5,7-8,10-13,15,17,26H,6,9,14,16H2,1-2H3,(H,25,27). The number of benzene rings is 3. The van der Waals surface area contributed by atoms with E-state index in [1.54, 1.807) is 13.2 Å². The Hall–Kier alpha value is -2.89. The van der Waals surface area contributed by atoms with E-state index in [1.165, 1.54) is 0 Å². The summed E-state index contributed by atoms with van der Waals surface area (Å²) in [6.07, 6.45) is 1.21. The van der Waals surface area contributed by atoms with Gasteiger partial charge in [0, 0.05) is 19.3 Å². The van der Waals surface area contributed by atoms with Gasteiger partial charge in [-0.15, -0.1) is 0 Å². The molecule has 3 rings (SSSR count). The van der Waals surface area contributed by atoms with Gasteiger partial charge in [0.2, 0.25) is 0 Å². The van der Waals surface area contributed by atoms with Crippen molar-refractivity contribution in [2.24, 2.45) is 0 Å². The number of amides is 1. The lowest BCUT2D eigenvalue weighted by molar-refractivity contribution is 0.0510. The minimum atomic E-state index is -0.166. The van der Waals surface area contributed by atoms with Crippen molar-refractivity contribution in [1.82, 2.24) is 5.32 Å². The van der Waals surface area contributed by atoms with Gasteiger partial charge in [0.1, 0.15) is 5.75 Å². The fourth-order valence-corrected chi connectivity index (χ4v) is 3.45. The molecular weight excluding hydrogens is 366 g/mol. The Kier molecular flexibility index (Phi) is 7.22. The lowest BCUT2D eigenvalue weighted by atomic mass is 9.98. The van der Waals surface area contributed by atoms with Crippen LogP contribution < -0.4 is 10.1 Å². The van der Waals surface area contributed by atoms with Gasteiger partial charge in [-0.05, 0) is 53.8 Å². The molecule has 5 nitrogen and oxygen atoms in total. The summed E-state index contributed by atoms with van der Waals surface area (Å²) in [5, 5.41) is 14.6. The first-order chi connectivity index (χ1) is 14.1. The monoisotopic (exact) mass is 393 g/mol. The first kappa shape index (κ1) is 20.8. The zero-order chi connectivity index (χ0) is 20.6. The summed E-state index contributed by atoms with van der Waals surface area (Å²) in [7, 11) is 1.55. The molecule has 0 saturated heterocycles. The Morgan fingerprint density at radius 3 is 2.69 bits per heavy atom. The molecule has 1 unspecified atom stereocenters. The number of ether oxygens (including phenoxy) is 2. The summed E-state index contributed by atoms with van der Waals surface area (Å²) < 4.78 is 10.4. The van der Waals surface area contributed by atoms with Gasteiger partial charge >= 0.3 is 0 Å². The SMILES string of the molecule is COCOc1ccc(CCCO)c(C(=O)NC(C)c2cccc3ccccc23)c1. The van der Waals surface area contributed by atoms with Gasteiger partial charge in [-0.3, -0.25) is 4.79 Å². The van der Waals surface area contributed by atoms with Crippen molar-refractivity contribution < 1.29 is 19.4 Å². The fourth-order valence-electron chi connectivity index (χ4n) is 3.45. The molecule has 0 aliphatic heterocycles. The normalized spacial score (nSPS) is 12.0. The quantitative estimate of drug-likeness (QED) is 0.534. The van der Waals surface area contributed by atoms with Crippen molar-refractivity contribution in [3.8, 4) is 5.75 Å². The number of nitrogens with one attached hydrogen (secondary N) is 1. The van der Waals surface area contributed by atoms with Crippen LogP contribution in [-0.2, 0) is 11.2 Å². The number of rotatable bonds is 9. The third-order valence-corrected chi connectivity index (χ3v) is 4.91. The minimum Gasteiger partial charge on any atom is -0.468 e. The highest BCUT2D eigenvalue weighted by atomic mass is 16.7. The van der Waals surface area contributed by atoms with E-state index in [0.29, 0.717) is 24.2 Å². The third kappa shape index (κ3) is 5.13. The maximum atomic E-state index is 13.1. The van der Waals surface area contributed by atoms with Crippen LogP contribution in [0, 0.1) is 0 Å². The topological polar surface area (TPSA) is 67.8 Å². The van der Waals surface area contributed by atoms with Gasteiger partial charge in [-0.2, -0.15) is 0 Å². The molecule has 5 heteroatoms. The smallest absolute Gasteiger partial charge is 0.252 e. The minimum absolute atomic E-state index is 0.0788. The van der Waals surface area contributed by atoms with Crippen molar-refractivity contribution in [2.75, 3.05) is 20.5 Å². The van der Waals surface area contributed by atoms with E-state index in [9.17, 15) is 9.90 Å². The van der Waals surface area contributed by atoms with E-state index in [2.05, 4.69) is 23.5 Å². The third-order valence-electron chi connectivity index (χ3n) is 4.91. The number of carbonyl (C=O) groups is 1. The van der Waals surface area contributed by atoms with Gasteiger partial charge in [0.05, 0.1) is 6.04 Å². The molecule has 3 aromatic rings. The average molecular weight is 393 g/mol. The van der Waals surface area contributed by atoms with Crippen LogP contribution in [-0.4, -0.2) is 31.5 Å². The number of aliphatic hydroxyl groups excluding tert-OH is 1. The summed E-state index contributed by atoms with van der Waals surface area (Å²) in [5.41, 5.74) is 2.51. The van der Waals surface area contributed by atoms with Crippen LogP contribution >= 0.6 is 0 Å². The van der Waals surface area contributed by atoms with E-state index in [4.69, 9.17) is 9.47 Å². The molecule has 2 N–H and O–H groups in total. The highest BCUT2D eigenvalue weighted by Gasteiger charge is 2.17. The lowest BCUT2D eigenvalue weighted by Crippen LogP contribution is -2.27. The van der Waals surface area contributed by atoms with Crippen molar-refractivity contribution in [2.45, 2.75) is 25.8 Å². The maximum absolute atomic E-state index is 13.1. The fraction of sp³-hybridized carbons (Fsp3) is 0.292. The van der Waals surface area contributed by atoms with E-state index in [-0.39, 0.29) is 25.3 Å². The molecule has 152 valence electrons. The van der Waals surface area contributed by atoms with Crippen molar-refractivity contribution in [3.63, 3.8) is 0 Å². The number of carbonyl (C=O) groups excluding carboxylic acids is 1. The first-order valence-corrected chi connectivity index (χ1v) is 9.78. The zero-order valence-electron chi connectivity index (χ0n) is 16.9. The largest absolute Gasteiger partial charge is 0.468 e. The average Bonchev–Trinajstić information content (AvgIpc) is 2.75. The second kappa shape index (κ2) is 10.0. The number of aliphatic hydroxyl groups is 1.